The first-order chi connectivity index (χ1) is 6.29. The molecule has 4 heteroatoms. The summed E-state index contributed by atoms with van der Waals surface area (Å²) in [4.78, 5) is 0. The first kappa shape index (κ1) is 8.84. The minimum Gasteiger partial charge on any atom is -0.486 e. The molecule has 0 saturated carbocycles. The van der Waals surface area contributed by atoms with E-state index in [0.29, 0.717) is 12.4 Å². The van der Waals surface area contributed by atoms with E-state index in [4.69, 9.17) is 14.6 Å². The molecular weight excluding hydrogens is 236 g/mol. The van der Waals surface area contributed by atoms with E-state index in [1.807, 2.05) is 18.2 Å². The third-order valence-corrected chi connectivity index (χ3v) is 2.32. The molecule has 3 nitrogen and oxygen atoms in total. The van der Waals surface area contributed by atoms with E-state index in [-0.39, 0.29) is 12.7 Å². The monoisotopic (exact) mass is 244 g/mol. The van der Waals surface area contributed by atoms with Crippen molar-refractivity contribution in [2.24, 2.45) is 0 Å². The Bertz CT molecular complexity index is 314. The molecule has 70 valence electrons. The number of rotatable bonds is 1. The van der Waals surface area contributed by atoms with Gasteiger partial charge in [-0.05, 0) is 18.2 Å². The van der Waals surface area contributed by atoms with E-state index in [2.05, 4.69) is 15.9 Å². The lowest BCUT2D eigenvalue weighted by molar-refractivity contribution is 0.0456. The highest BCUT2D eigenvalue weighted by Gasteiger charge is 2.19. The van der Waals surface area contributed by atoms with Gasteiger partial charge < -0.3 is 14.6 Å². The summed E-state index contributed by atoms with van der Waals surface area (Å²) in [6, 6.07) is 5.55. The van der Waals surface area contributed by atoms with E-state index >= 15 is 0 Å². The predicted octanol–water partition coefficient (Wildman–Crippen LogP) is 1.58. The lowest BCUT2D eigenvalue weighted by Gasteiger charge is -2.25. The molecule has 0 amide bonds. The third kappa shape index (κ3) is 1.78. The Kier molecular flexibility index (Phi) is 2.42. The van der Waals surface area contributed by atoms with Gasteiger partial charge in [-0.2, -0.15) is 0 Å². The van der Waals surface area contributed by atoms with Crippen molar-refractivity contribution in [1.29, 1.82) is 0 Å². The highest BCUT2D eigenvalue weighted by Crippen LogP contribution is 2.33. The van der Waals surface area contributed by atoms with E-state index < -0.39 is 0 Å². The Balaban J connectivity index is 2.26. The summed E-state index contributed by atoms with van der Waals surface area (Å²) in [6.07, 6.45) is -0.242. The number of aliphatic hydroxyl groups is 1. The highest BCUT2D eigenvalue weighted by atomic mass is 79.9. The first-order valence-corrected chi connectivity index (χ1v) is 4.79. The van der Waals surface area contributed by atoms with Gasteiger partial charge in [0.2, 0.25) is 0 Å². The zero-order chi connectivity index (χ0) is 9.26. The predicted molar refractivity (Wildman–Crippen MR) is 51.1 cm³/mol. The van der Waals surface area contributed by atoms with Crippen molar-refractivity contribution in [1.82, 2.24) is 0 Å². The summed E-state index contributed by atoms with van der Waals surface area (Å²) in [6.45, 7) is 0.384. The van der Waals surface area contributed by atoms with Crippen LogP contribution in [0.2, 0.25) is 0 Å². The van der Waals surface area contributed by atoms with Crippen molar-refractivity contribution in [3.8, 4) is 11.5 Å². The zero-order valence-corrected chi connectivity index (χ0v) is 8.45. The van der Waals surface area contributed by atoms with Crippen molar-refractivity contribution in [3.63, 3.8) is 0 Å². The number of aliphatic hydroxyl groups excluding tert-OH is 1. The molecule has 1 aromatic rings. The molecule has 0 aliphatic carbocycles. The van der Waals surface area contributed by atoms with Gasteiger partial charge in [0, 0.05) is 4.47 Å². The standard InChI is InChI=1S/C9H9BrO3/c10-6-1-2-8-9(3-6)12-5-7(4-11)13-8/h1-3,7,11H,4-5H2/t7-/m0/s1. The van der Waals surface area contributed by atoms with Gasteiger partial charge in [0.05, 0.1) is 6.61 Å². The van der Waals surface area contributed by atoms with Gasteiger partial charge >= 0.3 is 0 Å². The van der Waals surface area contributed by atoms with Crippen molar-refractivity contribution in [2.45, 2.75) is 6.10 Å². The lowest BCUT2D eigenvalue weighted by Crippen LogP contribution is -2.32. The normalized spacial score (nSPS) is 20.0. The molecule has 2 rings (SSSR count). The van der Waals surface area contributed by atoms with E-state index in [0.717, 1.165) is 10.2 Å². The molecule has 0 spiro atoms. The number of fused-ring (bicyclic) bond motifs is 1. The first-order valence-electron chi connectivity index (χ1n) is 3.99. The molecule has 0 radical (unpaired) electrons. The van der Waals surface area contributed by atoms with Gasteiger partial charge in [-0.1, -0.05) is 15.9 Å². The van der Waals surface area contributed by atoms with Crippen molar-refractivity contribution in [3.05, 3.63) is 22.7 Å². The molecule has 1 N–H and O–H groups in total. The fourth-order valence-electron chi connectivity index (χ4n) is 1.18. The summed E-state index contributed by atoms with van der Waals surface area (Å²) in [5.74, 6) is 1.41. The molecule has 1 aliphatic heterocycles. The average Bonchev–Trinajstić information content (AvgIpc) is 2.17. The summed E-state index contributed by atoms with van der Waals surface area (Å²) >= 11 is 3.34. The maximum absolute atomic E-state index is 8.86. The van der Waals surface area contributed by atoms with Crippen LogP contribution >= 0.6 is 15.9 Å². The minimum absolute atomic E-state index is 0.0183. The molecule has 1 aliphatic rings. The van der Waals surface area contributed by atoms with Crippen LogP contribution in [-0.4, -0.2) is 24.4 Å². The summed E-state index contributed by atoms with van der Waals surface area (Å²) in [7, 11) is 0. The Morgan fingerprint density at radius 1 is 1.46 bits per heavy atom. The number of ether oxygens (including phenoxy) is 2. The largest absolute Gasteiger partial charge is 0.486 e. The second-order valence-corrected chi connectivity index (χ2v) is 3.74. The van der Waals surface area contributed by atoms with Crippen LogP contribution in [0.4, 0.5) is 0 Å². The van der Waals surface area contributed by atoms with E-state index in [1.165, 1.54) is 0 Å². The van der Waals surface area contributed by atoms with E-state index in [9.17, 15) is 0 Å². The minimum atomic E-state index is -0.242. The Morgan fingerprint density at radius 3 is 3.08 bits per heavy atom. The molecule has 1 aromatic carbocycles. The van der Waals surface area contributed by atoms with Gasteiger partial charge in [-0.15, -0.1) is 0 Å². The van der Waals surface area contributed by atoms with Crippen LogP contribution in [0.5, 0.6) is 11.5 Å². The van der Waals surface area contributed by atoms with Gasteiger partial charge in [-0.25, -0.2) is 0 Å². The molecule has 1 heterocycles. The molecule has 0 fully saturated rings. The highest BCUT2D eigenvalue weighted by molar-refractivity contribution is 9.10. The number of hydrogen-bond acceptors (Lipinski definition) is 3. The van der Waals surface area contributed by atoms with Gasteiger partial charge in [-0.3, -0.25) is 0 Å². The molecule has 0 unspecified atom stereocenters. The van der Waals surface area contributed by atoms with Crippen LogP contribution in [0, 0.1) is 0 Å². The fraction of sp³-hybridized carbons (Fsp3) is 0.333. The number of halogens is 1. The van der Waals surface area contributed by atoms with E-state index in [1.54, 1.807) is 0 Å². The quantitative estimate of drug-likeness (QED) is 0.816. The topological polar surface area (TPSA) is 38.7 Å². The molecule has 1 atom stereocenters. The van der Waals surface area contributed by atoms with Gasteiger partial charge in [0.1, 0.15) is 6.61 Å². The van der Waals surface area contributed by atoms with Crippen molar-refractivity contribution in [2.75, 3.05) is 13.2 Å². The van der Waals surface area contributed by atoms with Crippen LogP contribution in [-0.2, 0) is 0 Å². The van der Waals surface area contributed by atoms with Crippen LogP contribution < -0.4 is 9.47 Å². The van der Waals surface area contributed by atoms with Crippen molar-refractivity contribution < 1.29 is 14.6 Å². The molecule has 0 bridgehead atoms. The van der Waals surface area contributed by atoms with Crippen LogP contribution in [0.1, 0.15) is 0 Å². The number of benzene rings is 1. The molecule has 0 saturated heterocycles. The van der Waals surface area contributed by atoms with Gasteiger partial charge in [0.15, 0.2) is 17.6 Å². The SMILES string of the molecule is OC[C@H]1COc2cc(Br)ccc2O1. The summed E-state index contributed by atoms with van der Waals surface area (Å²) < 4.78 is 11.8. The zero-order valence-electron chi connectivity index (χ0n) is 6.87. The third-order valence-electron chi connectivity index (χ3n) is 1.83. The average molecular weight is 245 g/mol. The van der Waals surface area contributed by atoms with Gasteiger partial charge in [0.25, 0.3) is 0 Å². The van der Waals surface area contributed by atoms with Crippen molar-refractivity contribution >= 4 is 15.9 Å². The summed E-state index contributed by atoms with van der Waals surface area (Å²) in [5.41, 5.74) is 0. The lowest BCUT2D eigenvalue weighted by atomic mass is 10.3. The second kappa shape index (κ2) is 3.55. The van der Waals surface area contributed by atoms with Crippen LogP contribution in [0.25, 0.3) is 0 Å². The van der Waals surface area contributed by atoms with Crippen LogP contribution in [0.15, 0.2) is 22.7 Å². The van der Waals surface area contributed by atoms with Crippen LogP contribution in [0.3, 0.4) is 0 Å². The Labute approximate surface area is 84.4 Å². The second-order valence-electron chi connectivity index (χ2n) is 2.82. The number of hydrogen-bond donors (Lipinski definition) is 1. The summed E-state index contributed by atoms with van der Waals surface area (Å²) in [5, 5.41) is 8.86. The Morgan fingerprint density at radius 2 is 2.31 bits per heavy atom. The molecular formula is C9H9BrO3. The Hall–Kier alpha value is -0.740. The maximum Gasteiger partial charge on any atom is 0.162 e. The smallest absolute Gasteiger partial charge is 0.162 e. The molecule has 13 heavy (non-hydrogen) atoms. The maximum atomic E-state index is 8.86. The molecule has 0 aromatic heterocycles. The fourth-order valence-corrected chi connectivity index (χ4v) is 1.52.